The highest BCUT2D eigenvalue weighted by atomic mass is 16.2. The van der Waals surface area contributed by atoms with E-state index in [4.69, 9.17) is 0 Å². The molecule has 2 aromatic heterocycles. The Morgan fingerprint density at radius 3 is 2.69 bits per heavy atom. The fourth-order valence-electron chi connectivity index (χ4n) is 4.12. The standard InChI is InChI=1S/C19H28N6O/c1-15(2)22-10-12-23(13-11-22)18(26)16-6-5-8-24(14-16)19-21-20-17-7-3-4-9-25(17)19/h3-4,7,9,15-16H,5-6,8,10-14H2,1-2H3/t16-/m1/s1. The molecule has 2 aliphatic heterocycles. The molecular formula is C19H28N6O. The van der Waals surface area contributed by atoms with Crippen molar-refractivity contribution in [3.05, 3.63) is 24.4 Å². The topological polar surface area (TPSA) is 57.0 Å². The average molecular weight is 356 g/mol. The van der Waals surface area contributed by atoms with E-state index in [1.54, 1.807) is 0 Å². The Bertz CT molecular complexity index is 764. The number of carbonyl (C=O) groups is 1. The van der Waals surface area contributed by atoms with Crippen LogP contribution in [0.1, 0.15) is 26.7 Å². The number of carbonyl (C=O) groups excluding carboxylic acids is 1. The van der Waals surface area contributed by atoms with Crippen LogP contribution in [0.3, 0.4) is 0 Å². The smallest absolute Gasteiger partial charge is 0.231 e. The Hall–Kier alpha value is -2.15. The van der Waals surface area contributed by atoms with Crippen LogP contribution in [0.15, 0.2) is 24.4 Å². The van der Waals surface area contributed by atoms with E-state index in [9.17, 15) is 4.79 Å². The number of nitrogens with zero attached hydrogens (tertiary/aromatic N) is 6. The van der Waals surface area contributed by atoms with Crippen LogP contribution >= 0.6 is 0 Å². The first-order valence-electron chi connectivity index (χ1n) is 9.71. The molecule has 4 heterocycles. The fraction of sp³-hybridized carbons (Fsp3) is 0.632. The summed E-state index contributed by atoms with van der Waals surface area (Å²) in [6, 6.07) is 6.46. The number of fused-ring (bicyclic) bond motifs is 1. The minimum atomic E-state index is 0.0606. The Labute approximate surface area is 154 Å². The zero-order chi connectivity index (χ0) is 18.1. The van der Waals surface area contributed by atoms with Crippen LogP contribution in [0.4, 0.5) is 5.95 Å². The van der Waals surface area contributed by atoms with Gasteiger partial charge in [-0.05, 0) is 38.8 Å². The second-order valence-corrected chi connectivity index (χ2v) is 7.67. The number of piperidine rings is 1. The Kier molecular flexibility index (Phi) is 4.80. The molecule has 2 aliphatic rings. The van der Waals surface area contributed by atoms with Crippen molar-refractivity contribution in [2.45, 2.75) is 32.7 Å². The van der Waals surface area contributed by atoms with Crippen LogP contribution in [0.2, 0.25) is 0 Å². The molecule has 0 aliphatic carbocycles. The third-order valence-electron chi connectivity index (χ3n) is 5.71. The number of piperazine rings is 1. The molecule has 1 amide bonds. The SMILES string of the molecule is CC(C)N1CCN(C(=O)[C@@H]2CCCN(c3nnc4ccccn34)C2)CC1. The van der Waals surface area contributed by atoms with E-state index in [0.717, 1.165) is 63.7 Å². The maximum Gasteiger partial charge on any atom is 0.231 e. The van der Waals surface area contributed by atoms with Gasteiger partial charge in [0.25, 0.3) is 0 Å². The normalized spacial score (nSPS) is 22.3. The van der Waals surface area contributed by atoms with Crippen LogP contribution < -0.4 is 4.90 Å². The first-order chi connectivity index (χ1) is 12.6. The van der Waals surface area contributed by atoms with Gasteiger partial charge in [0, 0.05) is 51.5 Å². The zero-order valence-corrected chi connectivity index (χ0v) is 15.7. The van der Waals surface area contributed by atoms with Crippen molar-refractivity contribution in [1.29, 1.82) is 0 Å². The molecule has 0 bridgehead atoms. The Balaban J connectivity index is 1.43. The molecule has 0 unspecified atom stereocenters. The minimum Gasteiger partial charge on any atom is -0.340 e. The molecule has 2 saturated heterocycles. The van der Waals surface area contributed by atoms with Crippen LogP contribution in [0, 0.1) is 5.92 Å². The number of amides is 1. The molecule has 0 saturated carbocycles. The first kappa shape index (κ1) is 17.3. The maximum atomic E-state index is 13.0. The lowest BCUT2D eigenvalue weighted by Crippen LogP contribution is -2.53. The molecule has 7 nitrogen and oxygen atoms in total. The van der Waals surface area contributed by atoms with Crippen LogP contribution in [-0.4, -0.2) is 75.6 Å². The highest BCUT2D eigenvalue weighted by Gasteiger charge is 2.32. The monoisotopic (exact) mass is 356 g/mol. The lowest BCUT2D eigenvalue weighted by Gasteiger charge is -2.40. The number of rotatable bonds is 3. The van der Waals surface area contributed by atoms with E-state index in [0.29, 0.717) is 11.9 Å². The van der Waals surface area contributed by atoms with Gasteiger partial charge in [0.2, 0.25) is 11.9 Å². The zero-order valence-electron chi connectivity index (χ0n) is 15.7. The highest BCUT2D eigenvalue weighted by molar-refractivity contribution is 5.80. The average Bonchev–Trinajstić information content (AvgIpc) is 3.12. The molecule has 0 radical (unpaired) electrons. The summed E-state index contributed by atoms with van der Waals surface area (Å²) < 4.78 is 2.01. The van der Waals surface area contributed by atoms with Crippen molar-refractivity contribution in [2.24, 2.45) is 5.92 Å². The summed E-state index contributed by atoms with van der Waals surface area (Å²) in [5.74, 6) is 1.22. The molecule has 0 N–H and O–H groups in total. The van der Waals surface area contributed by atoms with Gasteiger partial charge < -0.3 is 9.80 Å². The van der Waals surface area contributed by atoms with Crippen LogP contribution in [0.5, 0.6) is 0 Å². The van der Waals surface area contributed by atoms with Gasteiger partial charge in [0.1, 0.15) is 0 Å². The third-order valence-corrected chi connectivity index (χ3v) is 5.71. The quantitative estimate of drug-likeness (QED) is 0.834. The van der Waals surface area contributed by atoms with Crippen LogP contribution in [-0.2, 0) is 4.79 Å². The maximum absolute atomic E-state index is 13.0. The van der Waals surface area contributed by atoms with Crippen molar-refractivity contribution in [3.8, 4) is 0 Å². The molecule has 4 rings (SSSR count). The van der Waals surface area contributed by atoms with Gasteiger partial charge in [-0.3, -0.25) is 14.1 Å². The summed E-state index contributed by atoms with van der Waals surface area (Å²) in [5, 5.41) is 8.61. The van der Waals surface area contributed by atoms with Gasteiger partial charge >= 0.3 is 0 Å². The summed E-state index contributed by atoms with van der Waals surface area (Å²) in [5.41, 5.74) is 0.848. The molecular weight excluding hydrogens is 328 g/mol. The summed E-state index contributed by atoms with van der Waals surface area (Å²) in [6.45, 7) is 9.77. The summed E-state index contributed by atoms with van der Waals surface area (Å²) in [7, 11) is 0. The van der Waals surface area contributed by atoms with Crippen molar-refractivity contribution in [1.82, 2.24) is 24.4 Å². The van der Waals surface area contributed by atoms with Crippen molar-refractivity contribution < 1.29 is 4.79 Å². The lowest BCUT2D eigenvalue weighted by molar-refractivity contribution is -0.137. The van der Waals surface area contributed by atoms with E-state index >= 15 is 0 Å². The van der Waals surface area contributed by atoms with Gasteiger partial charge in [0.05, 0.1) is 5.92 Å². The number of hydrogen-bond acceptors (Lipinski definition) is 5. The molecule has 0 aromatic carbocycles. The number of aromatic nitrogens is 3. The van der Waals surface area contributed by atoms with Crippen molar-refractivity contribution in [3.63, 3.8) is 0 Å². The molecule has 26 heavy (non-hydrogen) atoms. The van der Waals surface area contributed by atoms with E-state index in [1.165, 1.54) is 0 Å². The van der Waals surface area contributed by atoms with Crippen molar-refractivity contribution >= 4 is 17.5 Å². The molecule has 1 atom stereocenters. The van der Waals surface area contributed by atoms with Crippen LogP contribution in [0.25, 0.3) is 5.65 Å². The van der Waals surface area contributed by atoms with Gasteiger partial charge in [0.15, 0.2) is 5.65 Å². The lowest BCUT2D eigenvalue weighted by atomic mass is 9.96. The number of pyridine rings is 1. The molecule has 0 spiro atoms. The van der Waals surface area contributed by atoms with E-state index in [-0.39, 0.29) is 5.92 Å². The number of hydrogen-bond donors (Lipinski definition) is 0. The third kappa shape index (κ3) is 3.28. The van der Waals surface area contributed by atoms with E-state index in [1.807, 2.05) is 28.8 Å². The Morgan fingerprint density at radius 2 is 1.92 bits per heavy atom. The van der Waals surface area contributed by atoms with Gasteiger partial charge in [-0.1, -0.05) is 6.07 Å². The molecule has 7 heteroatoms. The largest absolute Gasteiger partial charge is 0.340 e. The Morgan fingerprint density at radius 1 is 1.12 bits per heavy atom. The predicted molar refractivity (Wildman–Crippen MR) is 101 cm³/mol. The fourth-order valence-corrected chi connectivity index (χ4v) is 4.12. The molecule has 140 valence electrons. The summed E-state index contributed by atoms with van der Waals surface area (Å²) >= 11 is 0. The van der Waals surface area contributed by atoms with Gasteiger partial charge in [-0.15, -0.1) is 10.2 Å². The number of anilines is 1. The molecule has 2 fully saturated rings. The minimum absolute atomic E-state index is 0.0606. The first-order valence-corrected chi connectivity index (χ1v) is 9.71. The van der Waals surface area contributed by atoms with Crippen molar-refractivity contribution in [2.75, 3.05) is 44.2 Å². The predicted octanol–water partition coefficient (Wildman–Crippen LogP) is 1.50. The van der Waals surface area contributed by atoms with E-state index < -0.39 is 0 Å². The second kappa shape index (κ2) is 7.23. The van der Waals surface area contributed by atoms with Gasteiger partial charge in [-0.25, -0.2) is 0 Å². The summed E-state index contributed by atoms with van der Waals surface area (Å²) in [4.78, 5) is 19.8. The highest BCUT2D eigenvalue weighted by Crippen LogP contribution is 2.24. The summed E-state index contributed by atoms with van der Waals surface area (Å²) in [6.07, 6.45) is 3.97. The molecule has 2 aromatic rings. The van der Waals surface area contributed by atoms with E-state index in [2.05, 4.69) is 38.7 Å². The van der Waals surface area contributed by atoms with Gasteiger partial charge in [-0.2, -0.15) is 0 Å². The second-order valence-electron chi connectivity index (χ2n) is 7.67.